The van der Waals surface area contributed by atoms with E-state index in [9.17, 15) is 34.8 Å². The predicted octanol–water partition coefficient (Wildman–Crippen LogP) is -2.33. The summed E-state index contributed by atoms with van der Waals surface area (Å²) in [4.78, 5) is 35.8. The lowest BCUT2D eigenvalue weighted by molar-refractivity contribution is -0.270. The maximum atomic E-state index is 12.2. The van der Waals surface area contributed by atoms with Gasteiger partial charge >= 0.3 is 0 Å². The number of nitrogens with one attached hydrogen (secondary N) is 3. The quantitative estimate of drug-likeness (QED) is 0.0427. The molecule has 2 saturated heterocycles. The summed E-state index contributed by atoms with van der Waals surface area (Å²) in [6, 6.07) is -1.00. The molecular weight excluding hydrogens is 729 g/mol. The maximum Gasteiger partial charge on any atom is 0.249 e. The minimum Gasteiger partial charge on any atom is -0.394 e. The van der Waals surface area contributed by atoms with Crippen LogP contribution in [0.3, 0.4) is 0 Å². The second kappa shape index (κ2) is 23.9. The zero-order chi connectivity index (χ0) is 33.7. The zero-order valence-electron chi connectivity index (χ0n) is 26.2. The van der Waals surface area contributed by atoms with Gasteiger partial charge in [0.25, 0.3) is 0 Å². The fraction of sp³-hybridized carbons (Fsp3) is 0.893. The van der Waals surface area contributed by atoms with Gasteiger partial charge in [0.05, 0.1) is 59.0 Å². The highest BCUT2D eigenvalue weighted by Crippen LogP contribution is 2.24. The number of aliphatic hydroxyl groups excluding tert-OH is 4. The van der Waals surface area contributed by atoms with E-state index in [4.69, 9.17) is 31.5 Å². The van der Waals surface area contributed by atoms with E-state index in [0.717, 1.165) is 0 Å². The first kappa shape index (κ1) is 40.9. The lowest BCUT2D eigenvalue weighted by Gasteiger charge is -2.42. The van der Waals surface area contributed by atoms with Crippen LogP contribution in [0.2, 0.25) is 0 Å². The number of amides is 3. The van der Waals surface area contributed by atoms with Gasteiger partial charge in [-0.1, -0.05) is 0 Å². The molecular formula is C28H50IN3O14. The molecule has 46 heavy (non-hydrogen) atoms. The minimum atomic E-state index is -1.38. The molecule has 2 aliphatic heterocycles. The number of ether oxygens (including phenoxy) is 6. The number of carbonyl (C=O) groups excluding carboxylic acids is 3. The summed E-state index contributed by atoms with van der Waals surface area (Å²) < 4.78 is 38.3. The molecule has 0 aromatic carbocycles. The molecule has 0 saturated carbocycles. The van der Waals surface area contributed by atoms with Crippen LogP contribution in [0.5, 0.6) is 0 Å². The SMILES string of the molecule is CC(=O)NC1C(OCCCCC(=O)NCCOCCOCCOCCNC(=O)C2CCC(OI)C(CO)O2)OC(CO)C(O)C1O. The highest BCUT2D eigenvalue weighted by molar-refractivity contribution is 14.1. The van der Waals surface area contributed by atoms with Crippen molar-refractivity contribution in [3.05, 3.63) is 0 Å². The number of halogens is 1. The van der Waals surface area contributed by atoms with Crippen LogP contribution in [0.25, 0.3) is 0 Å². The Morgan fingerprint density at radius 3 is 2.04 bits per heavy atom. The lowest BCUT2D eigenvalue weighted by atomic mass is 9.97. The van der Waals surface area contributed by atoms with Crippen molar-refractivity contribution in [2.75, 3.05) is 72.6 Å². The van der Waals surface area contributed by atoms with Crippen LogP contribution in [0, 0.1) is 0 Å². The summed E-state index contributed by atoms with van der Waals surface area (Å²) in [6.45, 7) is 3.48. The standard InChI is InChI=1S/C28H50IN3O14/c1-18(35)32-24-26(38)25(37)22(17-34)45-28(24)43-9-3-2-4-23(36)30-7-10-40-12-14-42-15-13-41-11-8-31-27(39)20-6-5-19(46-29)21(16-33)44-20/h19-22,24-26,28,33-34,37-38H,2-17H2,1H3,(H,30,36)(H,31,39)(H,32,35). The molecule has 8 atom stereocenters. The van der Waals surface area contributed by atoms with Gasteiger partial charge in [-0.2, -0.15) is 0 Å². The molecule has 0 aliphatic carbocycles. The van der Waals surface area contributed by atoms with Crippen LogP contribution in [-0.2, 0) is 45.9 Å². The molecule has 0 aromatic rings. The number of hydrogen-bond donors (Lipinski definition) is 7. The molecule has 268 valence electrons. The molecule has 17 nitrogen and oxygen atoms in total. The fourth-order valence-electron chi connectivity index (χ4n) is 4.78. The first-order valence-corrected chi connectivity index (χ1v) is 16.4. The molecule has 2 fully saturated rings. The molecule has 8 unspecified atom stereocenters. The van der Waals surface area contributed by atoms with Gasteiger partial charge in [0.1, 0.15) is 59.6 Å². The van der Waals surface area contributed by atoms with E-state index < -0.39 is 55.4 Å². The lowest BCUT2D eigenvalue weighted by Crippen LogP contribution is -2.64. The number of rotatable bonds is 23. The molecule has 7 N–H and O–H groups in total. The van der Waals surface area contributed by atoms with Crippen molar-refractivity contribution in [2.24, 2.45) is 0 Å². The van der Waals surface area contributed by atoms with Crippen molar-refractivity contribution in [1.82, 2.24) is 16.0 Å². The summed E-state index contributed by atoms with van der Waals surface area (Å²) in [6.07, 6.45) is -3.77. The Balaban J connectivity index is 1.39. The van der Waals surface area contributed by atoms with E-state index in [1.165, 1.54) is 6.92 Å². The summed E-state index contributed by atoms with van der Waals surface area (Å²) in [5.41, 5.74) is 0. The van der Waals surface area contributed by atoms with Crippen molar-refractivity contribution >= 4 is 40.7 Å². The Kier molecular flexibility index (Phi) is 21.3. The maximum absolute atomic E-state index is 12.2. The minimum absolute atomic E-state index is 0.142. The smallest absolute Gasteiger partial charge is 0.249 e. The van der Waals surface area contributed by atoms with E-state index in [1.807, 2.05) is 0 Å². The van der Waals surface area contributed by atoms with E-state index in [0.29, 0.717) is 78.4 Å². The summed E-state index contributed by atoms with van der Waals surface area (Å²) in [5.74, 6) is -0.815. The third-order valence-electron chi connectivity index (χ3n) is 7.24. The Hall–Kier alpha value is -1.30. The van der Waals surface area contributed by atoms with Crippen LogP contribution < -0.4 is 16.0 Å². The highest BCUT2D eigenvalue weighted by atomic mass is 127. The second-order valence-electron chi connectivity index (χ2n) is 10.8. The van der Waals surface area contributed by atoms with E-state index in [1.54, 1.807) is 23.0 Å². The van der Waals surface area contributed by atoms with Crippen molar-refractivity contribution in [3.8, 4) is 0 Å². The average molecular weight is 780 g/mol. The van der Waals surface area contributed by atoms with Crippen LogP contribution >= 0.6 is 23.0 Å². The molecule has 3 amide bonds. The van der Waals surface area contributed by atoms with Gasteiger partial charge in [-0.05, 0) is 25.7 Å². The summed E-state index contributed by atoms with van der Waals surface area (Å²) >= 11 is 1.77. The van der Waals surface area contributed by atoms with Crippen LogP contribution in [-0.4, -0.2) is 160 Å². The molecule has 2 heterocycles. The number of carbonyl (C=O) groups is 3. The van der Waals surface area contributed by atoms with Crippen molar-refractivity contribution in [1.29, 1.82) is 0 Å². The van der Waals surface area contributed by atoms with Crippen LogP contribution in [0.1, 0.15) is 39.0 Å². The normalized spacial score (nSPS) is 28.0. The monoisotopic (exact) mass is 779 g/mol. The Morgan fingerprint density at radius 2 is 1.43 bits per heavy atom. The van der Waals surface area contributed by atoms with E-state index >= 15 is 0 Å². The topological polar surface area (TPSA) is 233 Å². The summed E-state index contributed by atoms with van der Waals surface area (Å²) in [5, 5.41) is 47.1. The molecule has 2 aliphatic rings. The van der Waals surface area contributed by atoms with Gasteiger partial charge in [-0.15, -0.1) is 0 Å². The Labute approximate surface area is 283 Å². The van der Waals surface area contributed by atoms with Gasteiger partial charge in [0.2, 0.25) is 17.7 Å². The first-order valence-electron chi connectivity index (χ1n) is 15.5. The largest absolute Gasteiger partial charge is 0.394 e. The van der Waals surface area contributed by atoms with E-state index in [-0.39, 0.29) is 37.6 Å². The molecule has 2 rings (SSSR count). The Bertz CT molecular complexity index is 877. The third kappa shape index (κ3) is 15.3. The third-order valence-corrected chi connectivity index (χ3v) is 7.90. The molecule has 0 aromatic heterocycles. The van der Waals surface area contributed by atoms with E-state index in [2.05, 4.69) is 16.0 Å². The second-order valence-corrected chi connectivity index (χ2v) is 11.3. The average Bonchev–Trinajstić information content (AvgIpc) is 3.05. The van der Waals surface area contributed by atoms with Gasteiger partial charge in [0, 0.05) is 33.0 Å². The number of aliphatic hydroxyl groups is 4. The first-order chi connectivity index (χ1) is 22.2. The molecule has 18 heteroatoms. The number of hydrogen-bond acceptors (Lipinski definition) is 14. The fourth-order valence-corrected chi connectivity index (χ4v) is 5.36. The van der Waals surface area contributed by atoms with Crippen molar-refractivity contribution in [3.63, 3.8) is 0 Å². The highest BCUT2D eigenvalue weighted by Gasteiger charge is 2.45. The zero-order valence-corrected chi connectivity index (χ0v) is 28.3. The molecule has 0 radical (unpaired) electrons. The van der Waals surface area contributed by atoms with Gasteiger partial charge in [0.15, 0.2) is 6.29 Å². The van der Waals surface area contributed by atoms with Crippen LogP contribution in [0.4, 0.5) is 0 Å². The van der Waals surface area contributed by atoms with Gasteiger partial charge in [-0.3, -0.25) is 14.4 Å². The van der Waals surface area contributed by atoms with Crippen LogP contribution in [0.15, 0.2) is 0 Å². The van der Waals surface area contributed by atoms with Crippen molar-refractivity contribution < 1.29 is 66.3 Å². The Morgan fingerprint density at radius 1 is 0.804 bits per heavy atom. The number of unbranched alkanes of at least 4 members (excludes halogenated alkanes) is 1. The predicted molar refractivity (Wildman–Crippen MR) is 168 cm³/mol. The van der Waals surface area contributed by atoms with Gasteiger partial charge in [-0.25, -0.2) is 0 Å². The van der Waals surface area contributed by atoms with Gasteiger partial charge < -0.3 is 67.9 Å². The summed E-state index contributed by atoms with van der Waals surface area (Å²) in [7, 11) is 0. The molecule has 0 bridgehead atoms. The van der Waals surface area contributed by atoms with Crippen molar-refractivity contribution in [2.45, 2.75) is 88.0 Å². The molecule has 0 spiro atoms.